The Morgan fingerprint density at radius 3 is 2.27 bits per heavy atom. The van der Waals surface area contributed by atoms with Crippen LogP contribution in [-0.4, -0.2) is 43.0 Å². The summed E-state index contributed by atoms with van der Waals surface area (Å²) in [5.74, 6) is -2.51. The third-order valence-corrected chi connectivity index (χ3v) is 3.67. The molecule has 1 spiro atoms. The van der Waals surface area contributed by atoms with Gasteiger partial charge in [-0.1, -0.05) is 0 Å². The molecule has 2 heterocycles. The molecule has 5 heteroatoms. The van der Waals surface area contributed by atoms with Gasteiger partial charge in [0.25, 0.3) is 5.92 Å². The van der Waals surface area contributed by atoms with Gasteiger partial charge in [-0.25, -0.2) is 8.78 Å². The van der Waals surface area contributed by atoms with Crippen molar-refractivity contribution in [2.75, 3.05) is 26.7 Å². The highest BCUT2D eigenvalue weighted by atomic mass is 35.5. The minimum Gasteiger partial charge on any atom is -0.306 e. The highest BCUT2D eigenvalue weighted by molar-refractivity contribution is 5.85. The van der Waals surface area contributed by atoms with Crippen molar-refractivity contribution in [1.82, 2.24) is 10.2 Å². The molecule has 0 amide bonds. The van der Waals surface area contributed by atoms with E-state index in [1.54, 1.807) is 0 Å². The lowest BCUT2D eigenvalue weighted by Gasteiger charge is -2.48. The van der Waals surface area contributed by atoms with E-state index in [-0.39, 0.29) is 18.8 Å². The molecular weight excluding hydrogens is 222 g/mol. The Morgan fingerprint density at radius 2 is 1.73 bits per heavy atom. The lowest BCUT2D eigenvalue weighted by atomic mass is 9.77. The number of halogens is 3. The Bertz CT molecular complexity index is 215. The van der Waals surface area contributed by atoms with Crippen LogP contribution in [0.5, 0.6) is 0 Å². The molecule has 15 heavy (non-hydrogen) atoms. The Morgan fingerprint density at radius 1 is 1.13 bits per heavy atom. The molecule has 0 aromatic heterocycles. The number of piperidine rings is 2. The van der Waals surface area contributed by atoms with E-state index in [1.807, 2.05) is 7.05 Å². The predicted octanol–water partition coefficient (Wildman–Crippen LogP) is 1.89. The Labute approximate surface area is 95.8 Å². The van der Waals surface area contributed by atoms with Gasteiger partial charge in [0.15, 0.2) is 0 Å². The van der Waals surface area contributed by atoms with Crippen molar-refractivity contribution >= 4 is 12.4 Å². The van der Waals surface area contributed by atoms with E-state index in [0.29, 0.717) is 19.3 Å². The second kappa shape index (κ2) is 4.52. The first-order valence-electron chi connectivity index (χ1n) is 5.37. The molecule has 0 aliphatic carbocycles. The van der Waals surface area contributed by atoms with Crippen LogP contribution < -0.4 is 5.32 Å². The SMILES string of the molecule is CN1CCC2(CC1)NCCCC2(F)F.Cl. The van der Waals surface area contributed by atoms with Crippen LogP contribution in [0, 0.1) is 0 Å². The van der Waals surface area contributed by atoms with E-state index in [4.69, 9.17) is 0 Å². The number of rotatable bonds is 0. The van der Waals surface area contributed by atoms with Crippen molar-refractivity contribution < 1.29 is 8.78 Å². The summed E-state index contributed by atoms with van der Waals surface area (Å²) in [7, 11) is 1.99. The van der Waals surface area contributed by atoms with Crippen molar-refractivity contribution in [2.24, 2.45) is 0 Å². The summed E-state index contributed by atoms with van der Waals surface area (Å²) in [6.07, 6.45) is 1.82. The van der Waals surface area contributed by atoms with Crippen LogP contribution >= 0.6 is 12.4 Å². The maximum Gasteiger partial charge on any atom is 0.266 e. The zero-order chi connectivity index (χ0) is 10.2. The summed E-state index contributed by atoms with van der Waals surface area (Å²) >= 11 is 0. The number of likely N-dealkylation sites (tertiary alicyclic amines) is 1. The fraction of sp³-hybridized carbons (Fsp3) is 1.00. The standard InChI is InChI=1S/C10H18F2N2.ClH/c1-14-7-4-9(5-8-14)10(11,12)3-2-6-13-9;/h13H,2-8H2,1H3;1H. The average molecular weight is 241 g/mol. The van der Waals surface area contributed by atoms with Gasteiger partial charge < -0.3 is 10.2 Å². The molecule has 90 valence electrons. The summed E-state index contributed by atoms with van der Waals surface area (Å²) in [5.41, 5.74) is -0.891. The number of hydrogen-bond donors (Lipinski definition) is 1. The van der Waals surface area contributed by atoms with Crippen molar-refractivity contribution in [3.63, 3.8) is 0 Å². The Kier molecular flexibility index (Phi) is 3.95. The molecule has 0 unspecified atom stereocenters. The summed E-state index contributed by atoms with van der Waals surface area (Å²) < 4.78 is 27.6. The van der Waals surface area contributed by atoms with Gasteiger partial charge in [-0.15, -0.1) is 12.4 Å². The molecule has 2 aliphatic heterocycles. The second-order valence-electron chi connectivity index (χ2n) is 4.62. The van der Waals surface area contributed by atoms with E-state index in [1.165, 1.54) is 0 Å². The zero-order valence-corrected chi connectivity index (χ0v) is 9.88. The predicted molar refractivity (Wildman–Crippen MR) is 58.9 cm³/mol. The highest BCUT2D eigenvalue weighted by Gasteiger charge is 2.55. The van der Waals surface area contributed by atoms with Crippen LogP contribution in [0.1, 0.15) is 25.7 Å². The van der Waals surface area contributed by atoms with Crippen LogP contribution in [-0.2, 0) is 0 Å². The van der Waals surface area contributed by atoms with Gasteiger partial charge in [0.1, 0.15) is 0 Å². The van der Waals surface area contributed by atoms with E-state index in [9.17, 15) is 8.78 Å². The molecule has 2 aliphatic rings. The molecule has 0 aromatic carbocycles. The fourth-order valence-electron chi connectivity index (χ4n) is 2.55. The number of nitrogens with zero attached hydrogens (tertiary/aromatic N) is 1. The second-order valence-corrected chi connectivity index (χ2v) is 4.62. The van der Waals surface area contributed by atoms with Crippen molar-refractivity contribution in [1.29, 1.82) is 0 Å². The smallest absolute Gasteiger partial charge is 0.266 e. The van der Waals surface area contributed by atoms with Gasteiger partial charge in [-0.2, -0.15) is 0 Å². The van der Waals surface area contributed by atoms with E-state index in [0.717, 1.165) is 19.6 Å². The van der Waals surface area contributed by atoms with Crippen molar-refractivity contribution in [3.8, 4) is 0 Å². The summed E-state index contributed by atoms with van der Waals surface area (Å²) in [5, 5.41) is 3.07. The minimum atomic E-state index is -2.51. The van der Waals surface area contributed by atoms with Crippen molar-refractivity contribution in [2.45, 2.75) is 37.1 Å². The molecule has 0 aromatic rings. The molecule has 0 saturated carbocycles. The average Bonchev–Trinajstić information content (AvgIpc) is 2.14. The van der Waals surface area contributed by atoms with Gasteiger partial charge in [-0.3, -0.25) is 0 Å². The number of hydrogen-bond acceptors (Lipinski definition) is 2. The van der Waals surface area contributed by atoms with E-state index >= 15 is 0 Å². The molecule has 0 atom stereocenters. The fourth-order valence-corrected chi connectivity index (χ4v) is 2.55. The Hall–Kier alpha value is 0.0700. The molecule has 0 bridgehead atoms. The molecule has 2 rings (SSSR count). The molecule has 2 nitrogen and oxygen atoms in total. The maximum absolute atomic E-state index is 13.8. The van der Waals surface area contributed by atoms with Gasteiger partial charge in [0.2, 0.25) is 0 Å². The largest absolute Gasteiger partial charge is 0.306 e. The maximum atomic E-state index is 13.8. The number of nitrogens with one attached hydrogen (secondary N) is 1. The normalized spacial score (nSPS) is 29.8. The topological polar surface area (TPSA) is 15.3 Å². The van der Waals surface area contributed by atoms with Crippen LogP contribution in [0.25, 0.3) is 0 Å². The highest BCUT2D eigenvalue weighted by Crippen LogP contribution is 2.42. The zero-order valence-electron chi connectivity index (χ0n) is 9.06. The van der Waals surface area contributed by atoms with E-state index < -0.39 is 11.5 Å². The first-order valence-corrected chi connectivity index (χ1v) is 5.37. The first kappa shape index (κ1) is 13.1. The number of alkyl halides is 2. The van der Waals surface area contributed by atoms with Crippen LogP contribution in [0.3, 0.4) is 0 Å². The van der Waals surface area contributed by atoms with Gasteiger partial charge in [0, 0.05) is 6.42 Å². The molecular formula is C10H19ClF2N2. The monoisotopic (exact) mass is 240 g/mol. The lowest BCUT2D eigenvalue weighted by Crippen LogP contribution is -2.65. The lowest BCUT2D eigenvalue weighted by molar-refractivity contribution is -0.131. The van der Waals surface area contributed by atoms with Gasteiger partial charge in [-0.05, 0) is 45.9 Å². The Balaban J connectivity index is 0.00000112. The summed E-state index contributed by atoms with van der Waals surface area (Å²) in [4.78, 5) is 2.12. The van der Waals surface area contributed by atoms with Crippen LogP contribution in [0.15, 0.2) is 0 Å². The third-order valence-electron chi connectivity index (χ3n) is 3.67. The summed E-state index contributed by atoms with van der Waals surface area (Å²) in [6.45, 7) is 2.31. The quantitative estimate of drug-likeness (QED) is 0.696. The molecule has 2 saturated heterocycles. The van der Waals surface area contributed by atoms with E-state index in [2.05, 4.69) is 10.2 Å². The van der Waals surface area contributed by atoms with Gasteiger partial charge >= 0.3 is 0 Å². The molecule has 2 fully saturated rings. The van der Waals surface area contributed by atoms with Crippen molar-refractivity contribution in [3.05, 3.63) is 0 Å². The molecule has 0 radical (unpaired) electrons. The third kappa shape index (κ3) is 2.27. The van der Waals surface area contributed by atoms with Gasteiger partial charge in [0.05, 0.1) is 5.54 Å². The first-order chi connectivity index (χ1) is 6.56. The van der Waals surface area contributed by atoms with Crippen LogP contribution in [0.4, 0.5) is 8.78 Å². The summed E-state index contributed by atoms with van der Waals surface area (Å²) in [6, 6.07) is 0. The minimum absolute atomic E-state index is 0. The van der Waals surface area contributed by atoms with Crippen LogP contribution in [0.2, 0.25) is 0 Å². The molecule has 1 N–H and O–H groups in total.